The highest BCUT2D eigenvalue weighted by Gasteiger charge is 2.35. The number of benzene rings is 2. The zero-order chi connectivity index (χ0) is 30.1. The smallest absolute Gasteiger partial charge is 0.338 e. The number of hydrogen-bond acceptors (Lipinski definition) is 10. The summed E-state index contributed by atoms with van der Waals surface area (Å²) in [5.41, 5.74) is 1.13. The number of nitro groups is 1. The summed E-state index contributed by atoms with van der Waals surface area (Å²) >= 11 is 4.63. The second-order valence-corrected chi connectivity index (χ2v) is 10.9. The van der Waals surface area contributed by atoms with Crippen LogP contribution in [0.15, 0.2) is 78.5 Å². The Balaban J connectivity index is 1.69. The van der Waals surface area contributed by atoms with E-state index in [0.29, 0.717) is 47.9 Å². The third-order valence-corrected chi connectivity index (χ3v) is 8.15. The molecule has 3 heterocycles. The van der Waals surface area contributed by atoms with E-state index in [9.17, 15) is 19.7 Å². The first kappa shape index (κ1) is 29.0. The first-order valence-electron chi connectivity index (χ1n) is 12.6. The van der Waals surface area contributed by atoms with Crippen LogP contribution in [0.2, 0.25) is 0 Å². The number of furan rings is 1. The molecule has 0 radical (unpaired) electrons. The SMILES string of the molecule is CCOC(=O)C1=C(C)N=c2s/c(=C\c3cc(Br)c(OC)cc3OC)c(=O)n2[C@@H]1c1ccc(-c2cccc([N+](=O)[O-])c2)o1. The number of rotatable bonds is 8. The lowest BCUT2D eigenvalue weighted by molar-refractivity contribution is -0.384. The lowest BCUT2D eigenvalue weighted by Gasteiger charge is -2.22. The monoisotopic (exact) mass is 653 g/mol. The molecule has 0 fully saturated rings. The Morgan fingerprint density at radius 2 is 1.95 bits per heavy atom. The number of nitro benzene ring substituents is 1. The number of non-ortho nitro benzene ring substituents is 1. The highest BCUT2D eigenvalue weighted by molar-refractivity contribution is 9.10. The van der Waals surface area contributed by atoms with Crippen molar-refractivity contribution in [2.75, 3.05) is 20.8 Å². The van der Waals surface area contributed by atoms with E-state index in [0.717, 1.165) is 11.3 Å². The van der Waals surface area contributed by atoms with Crippen molar-refractivity contribution in [2.45, 2.75) is 19.9 Å². The maximum atomic E-state index is 14.0. The van der Waals surface area contributed by atoms with Crippen LogP contribution in [0.3, 0.4) is 0 Å². The van der Waals surface area contributed by atoms with Gasteiger partial charge in [0.15, 0.2) is 4.80 Å². The fraction of sp³-hybridized carbons (Fsp3) is 0.207. The molecule has 0 spiro atoms. The van der Waals surface area contributed by atoms with E-state index in [1.165, 1.54) is 23.8 Å². The van der Waals surface area contributed by atoms with Crippen LogP contribution in [-0.4, -0.2) is 36.3 Å². The molecule has 0 saturated heterocycles. The number of aromatic nitrogens is 1. The zero-order valence-electron chi connectivity index (χ0n) is 22.9. The Morgan fingerprint density at radius 3 is 2.64 bits per heavy atom. The van der Waals surface area contributed by atoms with Crippen molar-refractivity contribution in [1.82, 2.24) is 4.57 Å². The molecule has 13 heteroatoms. The predicted molar refractivity (Wildman–Crippen MR) is 158 cm³/mol. The molecule has 0 aliphatic carbocycles. The molecule has 0 N–H and O–H groups in total. The summed E-state index contributed by atoms with van der Waals surface area (Å²) in [4.78, 5) is 42.9. The number of carbonyl (C=O) groups is 1. The van der Waals surface area contributed by atoms with Gasteiger partial charge in [-0.3, -0.25) is 19.5 Å². The lowest BCUT2D eigenvalue weighted by atomic mass is 10.0. The number of fused-ring (bicyclic) bond motifs is 1. The van der Waals surface area contributed by atoms with Gasteiger partial charge in [0.2, 0.25) is 0 Å². The number of halogens is 1. The van der Waals surface area contributed by atoms with Gasteiger partial charge in [-0.25, -0.2) is 9.79 Å². The molecule has 42 heavy (non-hydrogen) atoms. The van der Waals surface area contributed by atoms with Crippen molar-refractivity contribution in [3.8, 4) is 22.8 Å². The summed E-state index contributed by atoms with van der Waals surface area (Å²) in [6.07, 6.45) is 1.68. The minimum atomic E-state index is -0.987. The van der Waals surface area contributed by atoms with Crippen molar-refractivity contribution in [1.29, 1.82) is 0 Å². The molecule has 4 aromatic rings. The molecule has 0 unspecified atom stereocenters. The lowest BCUT2D eigenvalue weighted by Crippen LogP contribution is -2.39. The summed E-state index contributed by atoms with van der Waals surface area (Å²) in [7, 11) is 3.06. The van der Waals surface area contributed by atoms with Crippen molar-refractivity contribution in [3.63, 3.8) is 0 Å². The highest BCUT2D eigenvalue weighted by Crippen LogP contribution is 2.36. The van der Waals surface area contributed by atoms with Gasteiger partial charge in [-0.05, 0) is 54.1 Å². The fourth-order valence-corrected chi connectivity index (χ4v) is 6.19. The first-order valence-corrected chi connectivity index (χ1v) is 14.2. The van der Waals surface area contributed by atoms with Gasteiger partial charge in [0.05, 0.1) is 46.0 Å². The van der Waals surface area contributed by atoms with Crippen LogP contribution in [0, 0.1) is 10.1 Å². The normalized spacial score (nSPS) is 14.8. The van der Waals surface area contributed by atoms with E-state index in [2.05, 4.69) is 20.9 Å². The van der Waals surface area contributed by atoms with Gasteiger partial charge in [0.1, 0.15) is 29.1 Å². The molecule has 2 aromatic carbocycles. The Kier molecular flexibility index (Phi) is 8.14. The molecule has 1 aliphatic heterocycles. The van der Waals surface area contributed by atoms with Crippen molar-refractivity contribution in [2.24, 2.45) is 4.99 Å². The fourth-order valence-electron chi connectivity index (χ4n) is 4.63. The van der Waals surface area contributed by atoms with E-state index in [1.54, 1.807) is 63.4 Å². The molecule has 216 valence electrons. The summed E-state index contributed by atoms with van der Waals surface area (Å²) in [5.74, 6) is 1.03. The van der Waals surface area contributed by atoms with Crippen molar-refractivity contribution < 1.29 is 28.3 Å². The second-order valence-electron chi connectivity index (χ2n) is 9.04. The third-order valence-electron chi connectivity index (χ3n) is 6.55. The number of ether oxygens (including phenoxy) is 3. The quantitative estimate of drug-likeness (QED) is 0.151. The third kappa shape index (κ3) is 5.28. The summed E-state index contributed by atoms with van der Waals surface area (Å²) in [6.45, 7) is 3.48. The van der Waals surface area contributed by atoms with Gasteiger partial charge >= 0.3 is 5.97 Å². The van der Waals surface area contributed by atoms with E-state index >= 15 is 0 Å². The highest BCUT2D eigenvalue weighted by atomic mass is 79.9. The summed E-state index contributed by atoms with van der Waals surface area (Å²) in [6, 6.07) is 11.8. The standard InChI is InChI=1S/C29H24BrN3O8S/c1-5-40-28(35)25-15(2)31-29-32(26(25)21-10-9-20(41-21)16-7-6-8-18(11-16)33(36)37)27(34)24(42-29)13-17-12-19(30)23(39-4)14-22(17)38-3/h6-14,26H,5H2,1-4H3/b24-13-/t26-/m1/s1. The van der Waals surface area contributed by atoms with Gasteiger partial charge in [-0.15, -0.1) is 0 Å². The molecule has 2 aromatic heterocycles. The Morgan fingerprint density at radius 1 is 1.19 bits per heavy atom. The molecule has 0 saturated carbocycles. The zero-order valence-corrected chi connectivity index (χ0v) is 25.3. The number of esters is 1. The average molecular weight is 654 g/mol. The largest absolute Gasteiger partial charge is 0.496 e. The van der Waals surface area contributed by atoms with Gasteiger partial charge in [-0.2, -0.15) is 0 Å². The molecule has 1 aliphatic rings. The van der Waals surface area contributed by atoms with E-state index in [1.807, 2.05) is 0 Å². The van der Waals surface area contributed by atoms with Gasteiger partial charge in [0, 0.05) is 29.3 Å². The molecule has 0 amide bonds. The van der Waals surface area contributed by atoms with Gasteiger partial charge < -0.3 is 18.6 Å². The maximum Gasteiger partial charge on any atom is 0.338 e. The molecule has 5 rings (SSSR count). The molecular formula is C29H24BrN3O8S. The molecule has 11 nitrogen and oxygen atoms in total. The van der Waals surface area contributed by atoms with E-state index < -0.39 is 22.5 Å². The van der Waals surface area contributed by atoms with Crippen LogP contribution in [0.25, 0.3) is 17.4 Å². The van der Waals surface area contributed by atoms with Crippen LogP contribution in [0.5, 0.6) is 11.5 Å². The summed E-state index contributed by atoms with van der Waals surface area (Å²) < 4.78 is 24.8. The minimum absolute atomic E-state index is 0.0954. The number of allylic oxidation sites excluding steroid dienone is 1. The topological polar surface area (TPSA) is 135 Å². The maximum absolute atomic E-state index is 14.0. The van der Waals surface area contributed by atoms with Crippen LogP contribution in [0.1, 0.15) is 31.2 Å². The van der Waals surface area contributed by atoms with Crippen LogP contribution < -0.4 is 24.4 Å². The number of hydrogen-bond donors (Lipinski definition) is 0. The Labute approximate surface area is 251 Å². The van der Waals surface area contributed by atoms with Gasteiger partial charge in [-0.1, -0.05) is 23.5 Å². The van der Waals surface area contributed by atoms with E-state index in [-0.39, 0.29) is 23.6 Å². The Bertz CT molecular complexity index is 1940. The Hall–Kier alpha value is -4.49. The summed E-state index contributed by atoms with van der Waals surface area (Å²) in [5, 5.41) is 11.3. The predicted octanol–water partition coefficient (Wildman–Crippen LogP) is 4.75. The first-order chi connectivity index (χ1) is 20.2. The number of thiazole rings is 1. The second kappa shape index (κ2) is 11.8. The van der Waals surface area contributed by atoms with Crippen molar-refractivity contribution in [3.05, 3.63) is 105 Å². The molecule has 1 atom stereocenters. The van der Waals surface area contributed by atoms with Crippen LogP contribution >= 0.6 is 27.3 Å². The van der Waals surface area contributed by atoms with Crippen molar-refractivity contribution >= 4 is 45.0 Å². The molecular weight excluding hydrogens is 630 g/mol. The number of nitrogens with zero attached hydrogens (tertiary/aromatic N) is 3. The van der Waals surface area contributed by atoms with E-state index in [4.69, 9.17) is 18.6 Å². The minimum Gasteiger partial charge on any atom is -0.496 e. The average Bonchev–Trinajstić information content (AvgIpc) is 3.57. The molecule has 0 bridgehead atoms. The van der Waals surface area contributed by atoms with Crippen LogP contribution in [-0.2, 0) is 9.53 Å². The van der Waals surface area contributed by atoms with Crippen LogP contribution in [0.4, 0.5) is 5.69 Å². The van der Waals surface area contributed by atoms with Gasteiger partial charge in [0.25, 0.3) is 11.2 Å². The number of carbonyl (C=O) groups excluding carboxylic acids is 1. The number of methoxy groups -OCH3 is 2.